The van der Waals surface area contributed by atoms with Crippen LogP contribution in [0.4, 0.5) is 25.4 Å². The fraction of sp³-hybridized carbons (Fsp3) is 0.591. The minimum absolute atomic E-state index is 0.331. The van der Waals surface area contributed by atoms with Gasteiger partial charge in [0.25, 0.3) is 0 Å². The summed E-state index contributed by atoms with van der Waals surface area (Å²) in [5, 5.41) is 3.18. The number of rotatable bonds is 7. The Kier molecular flexibility index (Phi) is 6.98. The van der Waals surface area contributed by atoms with Crippen molar-refractivity contribution < 1.29 is 23.5 Å². The average molecular weight is 465 g/mol. The van der Waals surface area contributed by atoms with Gasteiger partial charge in [0.2, 0.25) is 0 Å². The summed E-state index contributed by atoms with van der Waals surface area (Å²) in [6.45, 7) is 4.85. The Balaban J connectivity index is 1.31. The quantitative estimate of drug-likeness (QED) is 0.622. The molecule has 1 N–H and O–H groups in total. The molecule has 8 nitrogen and oxygen atoms in total. The first-order valence-corrected chi connectivity index (χ1v) is 11.6. The van der Waals surface area contributed by atoms with Crippen molar-refractivity contribution in [2.45, 2.75) is 32.3 Å². The molecule has 2 saturated heterocycles. The van der Waals surface area contributed by atoms with Crippen LogP contribution in [-0.4, -0.2) is 74.1 Å². The Morgan fingerprint density at radius 1 is 1.28 bits per heavy atom. The maximum Gasteiger partial charge on any atom is 0.414 e. The molecular formula is C22H29FN4O4S. The van der Waals surface area contributed by atoms with Crippen molar-refractivity contribution in [1.82, 2.24) is 10.2 Å². The monoisotopic (exact) mass is 464 g/mol. The van der Waals surface area contributed by atoms with E-state index in [9.17, 15) is 14.0 Å². The molecule has 0 bridgehead atoms. The highest BCUT2D eigenvalue weighted by Gasteiger charge is 2.33. The van der Waals surface area contributed by atoms with Crippen LogP contribution in [0.1, 0.15) is 26.2 Å². The van der Waals surface area contributed by atoms with Crippen molar-refractivity contribution in [3.63, 3.8) is 0 Å². The second-order valence-corrected chi connectivity index (χ2v) is 8.87. The number of carbonyl (C=O) groups is 2. The SMILES string of the molecule is CCOC(=O)N1CCN(c2ccc(N3CC(CNC(=S)CC4CC4)OC3=O)cc2F)CC1. The molecule has 2 aliphatic heterocycles. The third-order valence-corrected chi connectivity index (χ3v) is 6.27. The van der Waals surface area contributed by atoms with E-state index in [1.165, 1.54) is 23.8 Å². The van der Waals surface area contributed by atoms with Crippen LogP contribution >= 0.6 is 12.2 Å². The van der Waals surface area contributed by atoms with Gasteiger partial charge in [-0.15, -0.1) is 0 Å². The molecule has 10 heteroatoms. The molecule has 0 radical (unpaired) electrons. The molecule has 1 saturated carbocycles. The van der Waals surface area contributed by atoms with Gasteiger partial charge < -0.3 is 24.6 Å². The molecule has 4 rings (SSSR count). The minimum atomic E-state index is -0.486. The summed E-state index contributed by atoms with van der Waals surface area (Å²) in [5.74, 6) is 0.291. The largest absolute Gasteiger partial charge is 0.450 e. The zero-order valence-electron chi connectivity index (χ0n) is 18.2. The number of carbonyl (C=O) groups excluding carboxylic acids is 2. The summed E-state index contributed by atoms with van der Waals surface area (Å²) in [4.78, 5) is 29.9. The zero-order chi connectivity index (χ0) is 22.7. The van der Waals surface area contributed by atoms with E-state index < -0.39 is 11.9 Å². The van der Waals surface area contributed by atoms with Crippen LogP contribution in [0, 0.1) is 11.7 Å². The lowest BCUT2D eigenvalue weighted by Crippen LogP contribution is -2.49. The number of nitrogens with one attached hydrogen (secondary N) is 1. The van der Waals surface area contributed by atoms with Gasteiger partial charge in [-0.05, 0) is 43.9 Å². The number of ether oxygens (including phenoxy) is 2. The highest BCUT2D eigenvalue weighted by atomic mass is 32.1. The van der Waals surface area contributed by atoms with Crippen LogP contribution in [0.25, 0.3) is 0 Å². The first-order valence-electron chi connectivity index (χ1n) is 11.2. The lowest BCUT2D eigenvalue weighted by atomic mass is 10.2. The predicted molar refractivity (Wildman–Crippen MR) is 123 cm³/mol. The van der Waals surface area contributed by atoms with Crippen molar-refractivity contribution >= 4 is 40.8 Å². The summed E-state index contributed by atoms with van der Waals surface area (Å²) in [5.41, 5.74) is 0.915. The Bertz CT molecular complexity index is 873. The molecule has 0 spiro atoms. The van der Waals surface area contributed by atoms with Crippen molar-refractivity contribution in [2.24, 2.45) is 5.92 Å². The van der Waals surface area contributed by atoms with Gasteiger partial charge in [-0.1, -0.05) is 12.2 Å². The number of thiocarbonyl (C=S) groups is 1. The van der Waals surface area contributed by atoms with Crippen molar-refractivity contribution in [3.8, 4) is 0 Å². The summed E-state index contributed by atoms with van der Waals surface area (Å²) in [6, 6.07) is 4.76. The number of anilines is 2. The Labute approximate surface area is 192 Å². The summed E-state index contributed by atoms with van der Waals surface area (Å²) < 4.78 is 25.4. The van der Waals surface area contributed by atoms with E-state index in [1.54, 1.807) is 24.0 Å². The van der Waals surface area contributed by atoms with Gasteiger partial charge in [0.15, 0.2) is 0 Å². The van der Waals surface area contributed by atoms with Crippen molar-refractivity contribution in [3.05, 3.63) is 24.0 Å². The Morgan fingerprint density at radius 3 is 2.69 bits per heavy atom. The lowest BCUT2D eigenvalue weighted by Gasteiger charge is -2.35. The number of piperazine rings is 1. The van der Waals surface area contributed by atoms with E-state index in [-0.39, 0.29) is 12.2 Å². The molecule has 0 aromatic heterocycles. The topological polar surface area (TPSA) is 74.3 Å². The smallest absolute Gasteiger partial charge is 0.414 e. The molecule has 3 fully saturated rings. The summed E-state index contributed by atoms with van der Waals surface area (Å²) >= 11 is 5.34. The van der Waals surface area contributed by atoms with E-state index in [0.29, 0.717) is 63.2 Å². The molecule has 32 heavy (non-hydrogen) atoms. The van der Waals surface area contributed by atoms with Crippen LogP contribution in [-0.2, 0) is 9.47 Å². The lowest BCUT2D eigenvalue weighted by molar-refractivity contribution is 0.105. The van der Waals surface area contributed by atoms with Gasteiger partial charge in [0.1, 0.15) is 11.9 Å². The maximum absolute atomic E-state index is 14.9. The molecule has 1 aromatic carbocycles. The van der Waals surface area contributed by atoms with E-state index in [4.69, 9.17) is 21.7 Å². The number of amides is 2. The van der Waals surface area contributed by atoms with Gasteiger partial charge >= 0.3 is 12.2 Å². The van der Waals surface area contributed by atoms with Gasteiger partial charge in [-0.25, -0.2) is 14.0 Å². The van der Waals surface area contributed by atoms with Gasteiger partial charge in [-0.2, -0.15) is 0 Å². The number of halogens is 1. The Hall–Kier alpha value is -2.62. The van der Waals surface area contributed by atoms with E-state index >= 15 is 0 Å². The van der Waals surface area contributed by atoms with E-state index in [2.05, 4.69) is 5.32 Å². The molecule has 1 aromatic rings. The first kappa shape index (κ1) is 22.6. The molecule has 2 heterocycles. The second-order valence-electron chi connectivity index (χ2n) is 8.38. The maximum atomic E-state index is 14.9. The molecule has 2 amide bonds. The predicted octanol–water partition coefficient (Wildman–Crippen LogP) is 3.15. The molecule has 1 aliphatic carbocycles. The van der Waals surface area contributed by atoms with E-state index in [0.717, 1.165) is 11.4 Å². The normalized spacial score (nSPS) is 20.9. The fourth-order valence-electron chi connectivity index (χ4n) is 3.99. The van der Waals surface area contributed by atoms with Crippen molar-refractivity contribution in [2.75, 3.05) is 55.7 Å². The fourth-order valence-corrected chi connectivity index (χ4v) is 4.31. The second kappa shape index (κ2) is 9.89. The molecule has 1 atom stereocenters. The highest BCUT2D eigenvalue weighted by molar-refractivity contribution is 7.80. The number of benzene rings is 1. The van der Waals surface area contributed by atoms with Gasteiger partial charge in [0, 0.05) is 32.6 Å². The Morgan fingerprint density at radius 2 is 2.03 bits per heavy atom. The number of nitrogens with zero attached hydrogens (tertiary/aromatic N) is 3. The summed E-state index contributed by atoms with van der Waals surface area (Å²) in [6.07, 6.45) is 2.19. The number of hydrogen-bond donors (Lipinski definition) is 1. The van der Waals surface area contributed by atoms with Gasteiger partial charge in [0.05, 0.1) is 36.1 Å². The van der Waals surface area contributed by atoms with E-state index in [1.807, 2.05) is 4.90 Å². The highest BCUT2D eigenvalue weighted by Crippen LogP contribution is 2.32. The third-order valence-electron chi connectivity index (χ3n) is 5.96. The van der Waals surface area contributed by atoms with Crippen LogP contribution in [0.5, 0.6) is 0 Å². The zero-order valence-corrected chi connectivity index (χ0v) is 19.0. The van der Waals surface area contributed by atoms with Crippen molar-refractivity contribution in [1.29, 1.82) is 0 Å². The standard InChI is InChI=1S/C22H29FN4O4S/c1-2-30-21(28)26-9-7-25(8-10-26)19-6-5-16(12-18(19)23)27-14-17(31-22(27)29)13-24-20(32)11-15-3-4-15/h5-6,12,15,17H,2-4,7-11,13-14H2,1H3,(H,24,32). The first-order chi connectivity index (χ1) is 15.4. The third kappa shape index (κ3) is 5.40. The average Bonchev–Trinajstić information content (AvgIpc) is 3.51. The molecule has 3 aliphatic rings. The number of cyclic esters (lactones) is 1. The van der Waals surface area contributed by atoms with Gasteiger partial charge in [-0.3, -0.25) is 4.90 Å². The molecule has 174 valence electrons. The summed E-state index contributed by atoms with van der Waals surface area (Å²) in [7, 11) is 0. The minimum Gasteiger partial charge on any atom is -0.450 e. The number of hydrogen-bond acceptors (Lipinski definition) is 6. The van der Waals surface area contributed by atoms with Crippen LogP contribution < -0.4 is 15.1 Å². The molecular weight excluding hydrogens is 435 g/mol. The van der Waals surface area contributed by atoms with Crippen LogP contribution in [0.3, 0.4) is 0 Å². The molecule has 1 unspecified atom stereocenters. The van der Waals surface area contributed by atoms with Crippen LogP contribution in [0.15, 0.2) is 18.2 Å². The van der Waals surface area contributed by atoms with Crippen LogP contribution in [0.2, 0.25) is 0 Å².